The van der Waals surface area contributed by atoms with E-state index in [1.54, 1.807) is 23.9 Å². The Balaban J connectivity index is 1.78. The van der Waals surface area contributed by atoms with Crippen molar-refractivity contribution in [3.05, 3.63) is 113 Å². The Kier molecular flexibility index (Phi) is 7.59. The molecule has 0 unspecified atom stereocenters. The van der Waals surface area contributed by atoms with Crippen molar-refractivity contribution in [3.63, 3.8) is 0 Å². The van der Waals surface area contributed by atoms with Crippen LogP contribution in [0.4, 0.5) is 11.4 Å². The number of halogens is 2. The van der Waals surface area contributed by atoms with Gasteiger partial charge in [0.05, 0.1) is 19.9 Å². The van der Waals surface area contributed by atoms with E-state index in [2.05, 4.69) is 12.1 Å². The highest BCUT2D eigenvalue weighted by Crippen LogP contribution is 2.44. The minimum atomic E-state index is -0.462. The Morgan fingerprint density at radius 1 is 0.622 bits per heavy atom. The summed E-state index contributed by atoms with van der Waals surface area (Å²) in [6.07, 6.45) is 0. The van der Waals surface area contributed by atoms with Crippen molar-refractivity contribution in [1.82, 2.24) is 0 Å². The first-order valence-electron chi connectivity index (χ1n) is 11.3. The van der Waals surface area contributed by atoms with Crippen LogP contribution >= 0.6 is 35.0 Å². The molecule has 4 aromatic carbocycles. The molecule has 0 N–H and O–H groups in total. The quantitative estimate of drug-likeness (QED) is 0.175. The first kappa shape index (κ1) is 26.7. The second-order valence-corrected chi connectivity index (χ2v) is 10.6. The van der Waals surface area contributed by atoms with Crippen LogP contribution in [0, 0.1) is 47.9 Å². The molecule has 0 aliphatic heterocycles. The van der Waals surface area contributed by atoms with E-state index in [1.165, 1.54) is 24.3 Å². The molecular formula is C28H22Cl2N2O4S. The van der Waals surface area contributed by atoms with Crippen molar-refractivity contribution in [2.24, 2.45) is 0 Å². The largest absolute Gasteiger partial charge is 0.270 e. The molecule has 6 nitrogen and oxygen atoms in total. The summed E-state index contributed by atoms with van der Waals surface area (Å²) in [6.45, 7) is 8.00. The number of benzene rings is 4. The van der Waals surface area contributed by atoms with Crippen molar-refractivity contribution in [2.75, 3.05) is 0 Å². The summed E-state index contributed by atoms with van der Waals surface area (Å²) in [5.41, 5.74) is 7.29. The number of hydrogen-bond donors (Lipinski definition) is 0. The van der Waals surface area contributed by atoms with Gasteiger partial charge in [0.25, 0.3) is 11.4 Å². The number of nitro benzene ring substituents is 2. The third-order valence-electron chi connectivity index (χ3n) is 6.33. The van der Waals surface area contributed by atoms with Gasteiger partial charge in [0.15, 0.2) is 0 Å². The topological polar surface area (TPSA) is 86.3 Å². The molecule has 0 atom stereocenters. The predicted molar refractivity (Wildman–Crippen MR) is 150 cm³/mol. The first-order valence-corrected chi connectivity index (χ1v) is 12.8. The Morgan fingerprint density at radius 3 is 1.32 bits per heavy atom. The van der Waals surface area contributed by atoms with E-state index in [1.807, 2.05) is 39.8 Å². The molecule has 0 saturated carbocycles. The number of rotatable bonds is 6. The number of hydrogen-bond acceptors (Lipinski definition) is 5. The molecule has 0 aliphatic carbocycles. The van der Waals surface area contributed by atoms with Crippen LogP contribution in [0.15, 0.2) is 70.5 Å². The second kappa shape index (κ2) is 10.5. The molecule has 188 valence electrons. The monoisotopic (exact) mass is 552 g/mol. The smallest absolute Gasteiger partial charge is 0.258 e. The van der Waals surface area contributed by atoms with Crippen molar-refractivity contribution in [3.8, 4) is 22.3 Å². The van der Waals surface area contributed by atoms with E-state index in [9.17, 15) is 20.2 Å². The van der Waals surface area contributed by atoms with Crippen LogP contribution in [0.25, 0.3) is 22.3 Å². The van der Waals surface area contributed by atoms with Crippen LogP contribution in [0.2, 0.25) is 10.0 Å². The summed E-state index contributed by atoms with van der Waals surface area (Å²) in [6, 6.07) is 17.2. The van der Waals surface area contributed by atoms with Crippen LogP contribution in [-0.4, -0.2) is 9.85 Å². The standard InChI is InChI=1S/C28H22Cl2N2O4S/c1-15-5-11-25(17(3)27(15)21-9-7-19(31(33)34)13-23(21)29)37-26-12-6-16(2)28(18(26)4)22-10-8-20(32(35)36)14-24(22)30/h5-14H,1-4H3. The Morgan fingerprint density at radius 2 is 1.00 bits per heavy atom. The van der Waals surface area contributed by atoms with Crippen molar-refractivity contribution in [2.45, 2.75) is 37.5 Å². The van der Waals surface area contributed by atoms with Gasteiger partial charge in [-0.3, -0.25) is 20.2 Å². The minimum absolute atomic E-state index is 0.0534. The van der Waals surface area contributed by atoms with E-state index in [4.69, 9.17) is 23.2 Å². The van der Waals surface area contributed by atoms with Gasteiger partial charge < -0.3 is 0 Å². The lowest BCUT2D eigenvalue weighted by atomic mass is 9.95. The van der Waals surface area contributed by atoms with Gasteiger partial charge in [0.2, 0.25) is 0 Å². The van der Waals surface area contributed by atoms with Crippen LogP contribution in [0.5, 0.6) is 0 Å². The van der Waals surface area contributed by atoms with Gasteiger partial charge in [0.1, 0.15) is 0 Å². The summed E-state index contributed by atoms with van der Waals surface area (Å²) in [7, 11) is 0. The molecule has 0 spiro atoms. The van der Waals surface area contributed by atoms with Crippen LogP contribution in [-0.2, 0) is 0 Å². The Hall–Kier alpha value is -3.39. The molecule has 37 heavy (non-hydrogen) atoms. The second-order valence-electron chi connectivity index (χ2n) is 8.71. The molecule has 0 amide bonds. The van der Waals surface area contributed by atoms with E-state index in [-0.39, 0.29) is 11.4 Å². The maximum atomic E-state index is 11.2. The van der Waals surface area contributed by atoms with Gasteiger partial charge in [-0.2, -0.15) is 0 Å². The van der Waals surface area contributed by atoms with Gasteiger partial charge in [-0.15, -0.1) is 0 Å². The van der Waals surface area contributed by atoms with E-state index in [0.717, 1.165) is 54.3 Å². The number of aryl methyl sites for hydroxylation is 2. The fourth-order valence-corrected chi connectivity index (χ4v) is 6.02. The average molecular weight is 553 g/mol. The maximum Gasteiger partial charge on any atom is 0.270 e. The molecule has 0 aromatic heterocycles. The van der Waals surface area contributed by atoms with E-state index in [0.29, 0.717) is 10.0 Å². The fraction of sp³-hybridized carbons (Fsp3) is 0.143. The fourth-order valence-electron chi connectivity index (χ4n) is 4.47. The van der Waals surface area contributed by atoms with Crippen LogP contribution < -0.4 is 0 Å². The third kappa shape index (κ3) is 5.21. The van der Waals surface area contributed by atoms with E-state index >= 15 is 0 Å². The van der Waals surface area contributed by atoms with Gasteiger partial charge in [-0.05, 0) is 85.3 Å². The first-order chi connectivity index (χ1) is 17.5. The summed E-state index contributed by atoms with van der Waals surface area (Å²) >= 11 is 14.6. The minimum Gasteiger partial charge on any atom is -0.258 e. The highest BCUT2D eigenvalue weighted by Gasteiger charge is 2.19. The lowest BCUT2D eigenvalue weighted by molar-refractivity contribution is -0.385. The van der Waals surface area contributed by atoms with E-state index < -0.39 is 9.85 Å². The maximum absolute atomic E-state index is 11.2. The molecule has 0 saturated heterocycles. The molecular weight excluding hydrogens is 531 g/mol. The predicted octanol–water partition coefficient (Wildman–Crippen LogP) is 9.53. The zero-order chi connectivity index (χ0) is 27.0. The van der Waals surface area contributed by atoms with Gasteiger partial charge in [-0.1, -0.05) is 47.1 Å². The molecule has 0 fully saturated rings. The number of nitrogens with zero attached hydrogens (tertiary/aromatic N) is 2. The summed E-state index contributed by atoms with van der Waals surface area (Å²) in [4.78, 5) is 23.4. The summed E-state index contributed by atoms with van der Waals surface area (Å²) in [5.74, 6) is 0. The Labute approximate surface area is 228 Å². The normalized spacial score (nSPS) is 11.0. The average Bonchev–Trinajstić information content (AvgIpc) is 2.84. The Bertz CT molecular complexity index is 1470. The highest BCUT2D eigenvalue weighted by atomic mass is 35.5. The van der Waals surface area contributed by atoms with Crippen LogP contribution in [0.3, 0.4) is 0 Å². The third-order valence-corrected chi connectivity index (χ3v) is 8.28. The molecule has 0 aliphatic rings. The van der Waals surface area contributed by atoms with Gasteiger partial charge >= 0.3 is 0 Å². The molecule has 4 aromatic rings. The zero-order valence-electron chi connectivity index (χ0n) is 20.5. The SMILES string of the molecule is Cc1ccc(Sc2ccc(C)c(-c3ccc([N+](=O)[O-])cc3Cl)c2C)c(C)c1-c1ccc([N+](=O)[O-])cc1Cl. The van der Waals surface area contributed by atoms with Gasteiger partial charge in [0, 0.05) is 45.2 Å². The molecule has 0 radical (unpaired) electrons. The van der Waals surface area contributed by atoms with Crippen LogP contribution in [0.1, 0.15) is 22.3 Å². The van der Waals surface area contributed by atoms with Crippen molar-refractivity contribution >= 4 is 46.3 Å². The van der Waals surface area contributed by atoms with Gasteiger partial charge in [-0.25, -0.2) is 0 Å². The molecule has 0 bridgehead atoms. The molecule has 4 rings (SSSR count). The van der Waals surface area contributed by atoms with Crippen molar-refractivity contribution < 1.29 is 9.85 Å². The summed E-state index contributed by atoms with van der Waals surface area (Å²) in [5, 5.41) is 22.9. The van der Waals surface area contributed by atoms with Crippen molar-refractivity contribution in [1.29, 1.82) is 0 Å². The lowest BCUT2D eigenvalue weighted by Gasteiger charge is -2.18. The lowest BCUT2D eigenvalue weighted by Crippen LogP contribution is -1.96. The number of non-ortho nitro benzene ring substituents is 2. The molecule has 0 heterocycles. The summed E-state index contributed by atoms with van der Waals surface area (Å²) < 4.78 is 0. The highest BCUT2D eigenvalue weighted by molar-refractivity contribution is 7.99. The number of nitro groups is 2. The molecule has 9 heteroatoms. The zero-order valence-corrected chi connectivity index (χ0v) is 22.8.